The number of hydrogen-bond acceptors (Lipinski definition) is 5. The van der Waals surface area contributed by atoms with Crippen molar-refractivity contribution >= 4 is 25.6 Å². The van der Waals surface area contributed by atoms with Crippen molar-refractivity contribution in [2.24, 2.45) is 0 Å². The van der Waals surface area contributed by atoms with Gasteiger partial charge in [-0.1, -0.05) is 61.5 Å². The minimum atomic E-state index is -4.21. The van der Waals surface area contributed by atoms with Gasteiger partial charge in [-0.05, 0) is 60.0 Å². The summed E-state index contributed by atoms with van der Waals surface area (Å²) in [6.45, 7) is 1.76. The molecule has 0 radical (unpaired) electrons. The average Bonchev–Trinajstić information content (AvgIpc) is 2.88. The Kier molecular flexibility index (Phi) is 6.60. The lowest BCUT2D eigenvalue weighted by molar-refractivity contribution is 0.0697. The van der Waals surface area contributed by atoms with Crippen LogP contribution in [0.4, 0.5) is 0 Å². The van der Waals surface area contributed by atoms with Gasteiger partial charge in [0.2, 0.25) is 19.7 Å². The largest absolute Gasteiger partial charge is 0.478 e. The van der Waals surface area contributed by atoms with Crippen LogP contribution in [-0.4, -0.2) is 27.9 Å². The summed E-state index contributed by atoms with van der Waals surface area (Å²) in [6, 6.07) is 24.1. The van der Waals surface area contributed by atoms with Crippen LogP contribution in [0.2, 0.25) is 0 Å². The van der Waals surface area contributed by atoms with Gasteiger partial charge < -0.3 is 5.11 Å². The average molecular weight is 507 g/mol. The topological polar surface area (TPSA) is 106 Å². The molecule has 0 spiro atoms. The maximum absolute atomic E-state index is 13.8. The van der Waals surface area contributed by atoms with Crippen LogP contribution in [-0.2, 0) is 26.1 Å². The smallest absolute Gasteiger partial charge is 0.336 e. The second-order valence-electron chi connectivity index (χ2n) is 7.79. The van der Waals surface area contributed by atoms with Crippen molar-refractivity contribution in [1.29, 1.82) is 0 Å². The number of carbonyl (C=O) groups is 1. The van der Waals surface area contributed by atoms with Crippen molar-refractivity contribution < 1.29 is 26.7 Å². The van der Waals surface area contributed by atoms with Gasteiger partial charge in [-0.3, -0.25) is 0 Å². The highest BCUT2D eigenvalue weighted by Crippen LogP contribution is 2.38. The molecular weight excluding hydrogens is 484 g/mol. The Morgan fingerprint density at radius 3 is 1.66 bits per heavy atom. The van der Waals surface area contributed by atoms with Gasteiger partial charge >= 0.3 is 5.97 Å². The van der Waals surface area contributed by atoms with Crippen LogP contribution in [0.15, 0.2) is 117 Å². The lowest BCUT2D eigenvalue weighted by Crippen LogP contribution is -2.11. The van der Waals surface area contributed by atoms with E-state index >= 15 is 0 Å². The van der Waals surface area contributed by atoms with E-state index in [-0.39, 0.29) is 42.7 Å². The summed E-state index contributed by atoms with van der Waals surface area (Å²) >= 11 is 0. The van der Waals surface area contributed by atoms with E-state index in [9.17, 15) is 26.7 Å². The number of rotatable bonds is 7. The number of benzene rings is 4. The van der Waals surface area contributed by atoms with E-state index in [2.05, 4.69) is 0 Å². The van der Waals surface area contributed by atoms with E-state index in [0.29, 0.717) is 5.56 Å². The molecule has 0 fully saturated rings. The van der Waals surface area contributed by atoms with Crippen molar-refractivity contribution in [2.75, 3.05) is 0 Å². The number of carboxylic acid groups (broad SMARTS) is 1. The third-order valence-electron chi connectivity index (χ3n) is 5.68. The van der Waals surface area contributed by atoms with Gasteiger partial charge in [-0.25, -0.2) is 21.6 Å². The van der Waals surface area contributed by atoms with Crippen LogP contribution in [0.1, 0.15) is 22.8 Å². The SMILES string of the molecule is CCc1cc(-c2ccccc2C(=O)O)c(S(=O)(=O)c2ccccc2)cc1S(=O)(=O)c1ccccc1. The van der Waals surface area contributed by atoms with Crippen molar-refractivity contribution in [2.45, 2.75) is 32.9 Å². The summed E-state index contributed by atoms with van der Waals surface area (Å²) in [7, 11) is -8.26. The Hall–Kier alpha value is -3.75. The lowest BCUT2D eigenvalue weighted by Gasteiger charge is -2.18. The molecule has 0 aliphatic carbocycles. The molecule has 4 aromatic rings. The van der Waals surface area contributed by atoms with E-state index in [1.54, 1.807) is 55.5 Å². The number of aromatic carboxylic acids is 1. The molecule has 0 amide bonds. The number of hydrogen-bond donors (Lipinski definition) is 1. The second kappa shape index (κ2) is 9.48. The maximum atomic E-state index is 13.8. The monoisotopic (exact) mass is 506 g/mol. The minimum absolute atomic E-state index is 0.0265. The van der Waals surface area contributed by atoms with Crippen molar-refractivity contribution in [1.82, 2.24) is 0 Å². The van der Waals surface area contributed by atoms with Crippen LogP contribution in [0, 0.1) is 0 Å². The molecule has 0 saturated heterocycles. The fourth-order valence-corrected chi connectivity index (χ4v) is 7.09. The lowest BCUT2D eigenvalue weighted by atomic mass is 9.97. The Labute approximate surface area is 204 Å². The van der Waals surface area contributed by atoms with Crippen molar-refractivity contribution in [3.63, 3.8) is 0 Å². The van der Waals surface area contributed by atoms with E-state index < -0.39 is 25.6 Å². The van der Waals surface area contributed by atoms with Gasteiger partial charge in [0, 0.05) is 5.56 Å². The van der Waals surface area contributed by atoms with E-state index in [1.807, 2.05) is 0 Å². The van der Waals surface area contributed by atoms with Gasteiger partial charge in [-0.15, -0.1) is 0 Å². The number of aryl methyl sites for hydroxylation is 1. The first-order valence-electron chi connectivity index (χ1n) is 10.8. The Bertz CT molecular complexity index is 1610. The molecule has 6 nitrogen and oxygen atoms in total. The highest BCUT2D eigenvalue weighted by molar-refractivity contribution is 7.92. The van der Waals surface area contributed by atoms with Gasteiger partial charge in [-0.2, -0.15) is 0 Å². The first-order chi connectivity index (χ1) is 16.7. The highest BCUT2D eigenvalue weighted by Gasteiger charge is 2.30. The van der Waals surface area contributed by atoms with Gasteiger partial charge in [0.15, 0.2) is 0 Å². The molecule has 1 N–H and O–H groups in total. The molecule has 0 heterocycles. The molecule has 178 valence electrons. The summed E-state index contributed by atoms with van der Waals surface area (Å²) in [5, 5.41) is 9.75. The third kappa shape index (κ3) is 4.50. The van der Waals surface area contributed by atoms with Crippen LogP contribution in [0.5, 0.6) is 0 Å². The summed E-state index contributed by atoms with van der Waals surface area (Å²) in [5.41, 5.74) is 0.623. The molecule has 0 aliphatic rings. The molecule has 0 saturated carbocycles. The predicted molar refractivity (Wildman–Crippen MR) is 132 cm³/mol. The zero-order chi connectivity index (χ0) is 25.2. The van der Waals surface area contributed by atoms with E-state index in [0.717, 1.165) is 6.07 Å². The summed E-state index contributed by atoms with van der Waals surface area (Å²) in [6.07, 6.45) is 0.287. The van der Waals surface area contributed by atoms with Crippen LogP contribution >= 0.6 is 0 Å². The van der Waals surface area contributed by atoms with E-state index in [4.69, 9.17) is 0 Å². The molecule has 0 bridgehead atoms. The normalized spacial score (nSPS) is 11.8. The van der Waals surface area contributed by atoms with Crippen LogP contribution in [0.3, 0.4) is 0 Å². The van der Waals surface area contributed by atoms with Gasteiger partial charge in [0.25, 0.3) is 0 Å². The molecule has 4 aromatic carbocycles. The fourth-order valence-electron chi connectivity index (χ4n) is 3.92. The van der Waals surface area contributed by atoms with Gasteiger partial charge in [0.05, 0.1) is 25.1 Å². The molecule has 8 heteroatoms. The predicted octanol–water partition coefficient (Wildman–Crippen LogP) is 5.28. The second-order valence-corrected chi connectivity index (χ2v) is 11.6. The Balaban J connectivity index is 2.12. The first kappa shape index (κ1) is 24.4. The third-order valence-corrected chi connectivity index (χ3v) is 9.34. The summed E-state index contributed by atoms with van der Waals surface area (Å²) in [4.78, 5) is 11.6. The van der Waals surface area contributed by atoms with Gasteiger partial charge in [0.1, 0.15) is 0 Å². The Morgan fingerprint density at radius 2 is 1.14 bits per heavy atom. The molecule has 0 unspecified atom stereocenters. The molecule has 0 aliphatic heterocycles. The highest BCUT2D eigenvalue weighted by atomic mass is 32.2. The van der Waals surface area contributed by atoms with Crippen LogP contribution < -0.4 is 0 Å². The molecular formula is C27H22O6S2. The number of carboxylic acids is 1. The molecule has 4 rings (SSSR count). The Morgan fingerprint density at radius 1 is 0.657 bits per heavy atom. The maximum Gasteiger partial charge on any atom is 0.336 e. The minimum Gasteiger partial charge on any atom is -0.478 e. The fraction of sp³-hybridized carbons (Fsp3) is 0.0741. The van der Waals surface area contributed by atoms with Crippen molar-refractivity contribution in [3.05, 3.63) is 108 Å². The zero-order valence-electron chi connectivity index (χ0n) is 18.7. The summed E-state index contributed by atoms with van der Waals surface area (Å²) in [5.74, 6) is -1.22. The summed E-state index contributed by atoms with van der Waals surface area (Å²) < 4.78 is 54.7. The van der Waals surface area contributed by atoms with Crippen LogP contribution in [0.25, 0.3) is 11.1 Å². The molecule has 0 atom stereocenters. The standard InChI is InChI=1S/C27H22O6S2/c1-2-19-17-24(22-15-9-10-16-23(22)27(28)29)26(35(32,33)21-13-7-4-8-14-21)18-25(19)34(30,31)20-11-5-3-6-12-20/h3-18H,2H2,1H3,(H,28,29). The number of sulfone groups is 2. The van der Waals surface area contributed by atoms with Crippen molar-refractivity contribution in [3.8, 4) is 11.1 Å². The molecule has 35 heavy (non-hydrogen) atoms. The first-order valence-corrected chi connectivity index (χ1v) is 13.7. The van der Waals surface area contributed by atoms with E-state index in [1.165, 1.54) is 42.5 Å². The molecule has 0 aromatic heterocycles. The zero-order valence-corrected chi connectivity index (χ0v) is 20.4. The quantitative estimate of drug-likeness (QED) is 0.366.